The smallest absolute Gasteiger partial charge is 0.191 e. The van der Waals surface area contributed by atoms with Crippen molar-refractivity contribution in [2.75, 3.05) is 31.2 Å². The van der Waals surface area contributed by atoms with Crippen molar-refractivity contribution in [2.45, 2.75) is 52.5 Å². The minimum Gasteiger partial charge on any atom is -0.396 e. The molecule has 1 saturated heterocycles. The molecule has 5 heteroatoms. The van der Waals surface area contributed by atoms with Gasteiger partial charge in [-0.3, -0.25) is 4.99 Å². The number of nitrogens with zero attached hydrogens (tertiary/aromatic N) is 1. The fourth-order valence-corrected chi connectivity index (χ4v) is 3.79. The number of nitrogens with one attached hydrogen (secondary N) is 2. The monoisotopic (exact) mass is 315 g/mol. The molecule has 3 N–H and O–H groups in total. The van der Waals surface area contributed by atoms with Gasteiger partial charge in [-0.15, -0.1) is 0 Å². The summed E-state index contributed by atoms with van der Waals surface area (Å²) >= 11 is 2.03. The van der Waals surface area contributed by atoms with E-state index in [2.05, 4.69) is 31.4 Å². The van der Waals surface area contributed by atoms with Gasteiger partial charge < -0.3 is 15.7 Å². The molecule has 0 aromatic carbocycles. The highest BCUT2D eigenvalue weighted by Gasteiger charge is 2.15. The van der Waals surface area contributed by atoms with Gasteiger partial charge in [0.1, 0.15) is 0 Å². The van der Waals surface area contributed by atoms with Gasteiger partial charge in [-0.2, -0.15) is 11.8 Å². The highest BCUT2D eigenvalue weighted by Crippen LogP contribution is 2.17. The fourth-order valence-electron chi connectivity index (χ4n) is 2.72. The van der Waals surface area contributed by atoms with Crippen molar-refractivity contribution in [3.05, 3.63) is 0 Å². The Morgan fingerprint density at radius 3 is 2.81 bits per heavy atom. The lowest BCUT2D eigenvalue weighted by Crippen LogP contribution is -2.45. The number of hydrogen-bond acceptors (Lipinski definition) is 3. The summed E-state index contributed by atoms with van der Waals surface area (Å²) in [6, 6.07) is 0.544. The van der Waals surface area contributed by atoms with E-state index in [9.17, 15) is 5.11 Å². The fraction of sp³-hybridized carbons (Fsp3) is 0.938. The van der Waals surface area contributed by atoms with E-state index in [-0.39, 0.29) is 6.61 Å². The van der Waals surface area contributed by atoms with Crippen molar-refractivity contribution in [1.29, 1.82) is 0 Å². The highest BCUT2D eigenvalue weighted by atomic mass is 32.2. The van der Waals surface area contributed by atoms with Crippen LogP contribution >= 0.6 is 11.8 Å². The molecule has 0 spiro atoms. The molecule has 0 bridgehead atoms. The molecule has 1 aliphatic rings. The molecule has 2 unspecified atom stereocenters. The molecule has 0 aromatic rings. The zero-order valence-corrected chi connectivity index (χ0v) is 14.7. The quantitative estimate of drug-likeness (QED) is 0.476. The van der Waals surface area contributed by atoms with E-state index in [0.29, 0.717) is 17.9 Å². The highest BCUT2D eigenvalue weighted by molar-refractivity contribution is 7.99. The molecule has 1 fully saturated rings. The lowest BCUT2D eigenvalue weighted by Gasteiger charge is -2.25. The van der Waals surface area contributed by atoms with Gasteiger partial charge in [0.25, 0.3) is 0 Å². The van der Waals surface area contributed by atoms with Crippen LogP contribution in [0.25, 0.3) is 0 Å². The maximum atomic E-state index is 9.20. The van der Waals surface area contributed by atoms with Crippen LogP contribution in [-0.2, 0) is 0 Å². The minimum atomic E-state index is 0.260. The molecule has 1 heterocycles. The Morgan fingerprint density at radius 2 is 2.24 bits per heavy atom. The van der Waals surface area contributed by atoms with Crippen molar-refractivity contribution in [2.24, 2.45) is 16.8 Å². The number of guanidine groups is 1. The van der Waals surface area contributed by atoms with Crippen LogP contribution in [0.2, 0.25) is 0 Å². The van der Waals surface area contributed by atoms with Crippen LogP contribution in [0.4, 0.5) is 0 Å². The van der Waals surface area contributed by atoms with Gasteiger partial charge in [0.15, 0.2) is 5.96 Å². The van der Waals surface area contributed by atoms with Gasteiger partial charge in [-0.1, -0.05) is 13.8 Å². The Hall–Kier alpha value is -0.420. The maximum Gasteiger partial charge on any atom is 0.191 e. The summed E-state index contributed by atoms with van der Waals surface area (Å²) in [5, 5.41) is 16.1. The zero-order chi connectivity index (χ0) is 15.5. The third kappa shape index (κ3) is 8.57. The molecule has 124 valence electrons. The van der Waals surface area contributed by atoms with Crippen molar-refractivity contribution in [3.63, 3.8) is 0 Å². The third-order valence-corrected chi connectivity index (χ3v) is 4.91. The van der Waals surface area contributed by atoms with E-state index in [4.69, 9.17) is 4.99 Å². The first-order chi connectivity index (χ1) is 10.2. The molecule has 21 heavy (non-hydrogen) atoms. The van der Waals surface area contributed by atoms with Crippen LogP contribution in [0, 0.1) is 11.8 Å². The van der Waals surface area contributed by atoms with Gasteiger partial charge in [0, 0.05) is 31.5 Å². The van der Waals surface area contributed by atoms with Crippen LogP contribution in [0.5, 0.6) is 0 Å². The molecule has 0 radical (unpaired) electrons. The van der Waals surface area contributed by atoms with Crippen LogP contribution in [-0.4, -0.2) is 48.3 Å². The van der Waals surface area contributed by atoms with E-state index in [1.54, 1.807) is 0 Å². The Balaban J connectivity index is 2.50. The van der Waals surface area contributed by atoms with Gasteiger partial charge in [0.05, 0.1) is 0 Å². The molecule has 2 atom stereocenters. The second kappa shape index (κ2) is 11.2. The molecular weight excluding hydrogens is 282 g/mol. The van der Waals surface area contributed by atoms with Crippen molar-refractivity contribution < 1.29 is 5.11 Å². The first-order valence-electron chi connectivity index (χ1n) is 8.39. The third-order valence-electron chi connectivity index (χ3n) is 3.70. The standard InChI is InChI=1S/C16H33N3OS/c1-4-17-16(19-15-6-5-9-21-12-15)18-11-14(7-8-20)10-13(2)3/h13-15,20H,4-12H2,1-3H3,(H2,17,18,19). The van der Waals surface area contributed by atoms with Crippen molar-refractivity contribution in [3.8, 4) is 0 Å². The van der Waals surface area contributed by atoms with Gasteiger partial charge >= 0.3 is 0 Å². The normalized spacial score (nSPS) is 21.4. The average molecular weight is 316 g/mol. The largest absolute Gasteiger partial charge is 0.396 e. The van der Waals surface area contributed by atoms with E-state index >= 15 is 0 Å². The summed E-state index contributed by atoms with van der Waals surface area (Å²) in [4.78, 5) is 4.75. The van der Waals surface area contributed by atoms with Crippen molar-refractivity contribution in [1.82, 2.24) is 10.6 Å². The molecule has 0 aliphatic carbocycles. The number of aliphatic hydroxyl groups is 1. The maximum absolute atomic E-state index is 9.20. The topological polar surface area (TPSA) is 56.7 Å². The predicted molar refractivity (Wildman–Crippen MR) is 94.1 cm³/mol. The lowest BCUT2D eigenvalue weighted by molar-refractivity contribution is 0.245. The second-order valence-electron chi connectivity index (χ2n) is 6.29. The first kappa shape index (κ1) is 18.6. The molecule has 0 aromatic heterocycles. The van der Waals surface area contributed by atoms with Crippen LogP contribution in [0.1, 0.15) is 46.5 Å². The molecule has 1 rings (SSSR count). The van der Waals surface area contributed by atoms with E-state index in [0.717, 1.165) is 31.9 Å². The van der Waals surface area contributed by atoms with E-state index < -0.39 is 0 Å². The van der Waals surface area contributed by atoms with Crippen LogP contribution in [0.15, 0.2) is 4.99 Å². The Labute approximate surface area is 134 Å². The van der Waals surface area contributed by atoms with Crippen molar-refractivity contribution >= 4 is 17.7 Å². The Morgan fingerprint density at radius 1 is 1.43 bits per heavy atom. The lowest BCUT2D eigenvalue weighted by atomic mass is 9.94. The van der Waals surface area contributed by atoms with Crippen LogP contribution < -0.4 is 10.6 Å². The number of aliphatic imine (C=N–C) groups is 1. The molecular formula is C16H33N3OS. The summed E-state index contributed by atoms with van der Waals surface area (Å²) in [6.45, 7) is 8.52. The number of hydrogen-bond donors (Lipinski definition) is 3. The number of aliphatic hydroxyl groups excluding tert-OH is 1. The molecule has 4 nitrogen and oxygen atoms in total. The number of rotatable bonds is 8. The van der Waals surface area contributed by atoms with Gasteiger partial charge in [-0.25, -0.2) is 0 Å². The summed E-state index contributed by atoms with van der Waals surface area (Å²) in [6.07, 6.45) is 4.51. The molecule has 0 saturated carbocycles. The van der Waals surface area contributed by atoms with Gasteiger partial charge in [-0.05, 0) is 50.2 Å². The SMILES string of the molecule is CCNC(=NCC(CCO)CC(C)C)NC1CCCSC1. The summed E-state index contributed by atoms with van der Waals surface area (Å²) < 4.78 is 0. The molecule has 0 amide bonds. The zero-order valence-electron chi connectivity index (χ0n) is 13.9. The summed E-state index contributed by atoms with van der Waals surface area (Å²) in [7, 11) is 0. The predicted octanol–water partition coefficient (Wildman–Crippen LogP) is 2.48. The second-order valence-corrected chi connectivity index (χ2v) is 7.44. The molecule has 1 aliphatic heterocycles. The Bertz CT molecular complexity index is 291. The van der Waals surface area contributed by atoms with Gasteiger partial charge in [0.2, 0.25) is 0 Å². The minimum absolute atomic E-state index is 0.260. The Kier molecular flexibility index (Phi) is 9.92. The van der Waals surface area contributed by atoms with E-state index in [1.807, 2.05) is 11.8 Å². The average Bonchev–Trinajstić information content (AvgIpc) is 2.45. The summed E-state index contributed by atoms with van der Waals surface area (Å²) in [5.74, 6) is 4.54. The first-order valence-corrected chi connectivity index (χ1v) is 9.54. The van der Waals surface area contributed by atoms with Crippen LogP contribution in [0.3, 0.4) is 0 Å². The van der Waals surface area contributed by atoms with E-state index in [1.165, 1.54) is 24.3 Å². The number of thioether (sulfide) groups is 1. The summed E-state index contributed by atoms with van der Waals surface area (Å²) in [5.41, 5.74) is 0.